The van der Waals surface area contributed by atoms with Gasteiger partial charge in [-0.05, 0) is 57.0 Å². The predicted octanol–water partition coefficient (Wildman–Crippen LogP) is 3.98. The molecule has 162 valence electrons. The number of amides is 1. The van der Waals surface area contributed by atoms with E-state index in [4.69, 9.17) is 4.74 Å². The fraction of sp³-hybridized carbons (Fsp3) is 0.292. The Kier molecular flexibility index (Phi) is 7.18. The second-order valence-electron chi connectivity index (χ2n) is 7.21. The number of carbonyl (C=O) groups excluding carboxylic acids is 2. The van der Waals surface area contributed by atoms with Crippen LogP contribution in [0, 0.1) is 19.7 Å². The first-order valence-electron chi connectivity index (χ1n) is 10.2. The van der Waals surface area contributed by atoms with Crippen molar-refractivity contribution < 1.29 is 18.7 Å². The van der Waals surface area contributed by atoms with E-state index in [1.54, 1.807) is 30.7 Å². The highest BCUT2D eigenvalue weighted by Gasteiger charge is 2.30. The van der Waals surface area contributed by atoms with Gasteiger partial charge in [0.1, 0.15) is 5.82 Å². The maximum absolute atomic E-state index is 13.1. The van der Waals surface area contributed by atoms with E-state index in [9.17, 15) is 14.0 Å². The molecule has 0 aliphatic carbocycles. The zero-order valence-corrected chi connectivity index (χ0v) is 17.9. The lowest BCUT2D eigenvalue weighted by Gasteiger charge is -2.18. The topological polar surface area (TPSA) is 73.2 Å². The molecule has 3 aromatic rings. The van der Waals surface area contributed by atoms with Crippen molar-refractivity contribution in [2.45, 2.75) is 39.7 Å². The first kappa shape index (κ1) is 22.2. The number of carbonyl (C=O) groups is 2. The van der Waals surface area contributed by atoms with Crippen LogP contribution in [0.1, 0.15) is 41.9 Å². The number of halogens is 1. The van der Waals surface area contributed by atoms with Crippen molar-refractivity contribution in [2.24, 2.45) is 0 Å². The lowest BCUT2D eigenvalue weighted by Crippen LogP contribution is -2.35. The van der Waals surface area contributed by atoms with Gasteiger partial charge in [0.15, 0.2) is 6.04 Å². The summed E-state index contributed by atoms with van der Waals surface area (Å²) in [6, 6.07) is 14.6. The Morgan fingerprint density at radius 2 is 1.77 bits per heavy atom. The van der Waals surface area contributed by atoms with Gasteiger partial charge in [0.05, 0.1) is 18.0 Å². The molecule has 1 aromatic heterocycles. The van der Waals surface area contributed by atoms with Crippen LogP contribution >= 0.6 is 0 Å². The van der Waals surface area contributed by atoms with E-state index in [-0.39, 0.29) is 24.8 Å². The summed E-state index contributed by atoms with van der Waals surface area (Å²) in [5.41, 5.74) is 3.71. The monoisotopic (exact) mass is 423 g/mol. The van der Waals surface area contributed by atoms with Crippen LogP contribution in [0.25, 0.3) is 5.69 Å². The summed E-state index contributed by atoms with van der Waals surface area (Å²) in [7, 11) is 0. The van der Waals surface area contributed by atoms with Gasteiger partial charge < -0.3 is 10.1 Å². The highest BCUT2D eigenvalue weighted by molar-refractivity contribution is 5.86. The summed E-state index contributed by atoms with van der Waals surface area (Å²) in [6.07, 6.45) is 0.593. The lowest BCUT2D eigenvalue weighted by atomic mass is 10.0. The second-order valence-corrected chi connectivity index (χ2v) is 7.21. The number of esters is 1. The molecule has 0 aliphatic heterocycles. The van der Waals surface area contributed by atoms with E-state index in [2.05, 4.69) is 10.4 Å². The third-order valence-corrected chi connectivity index (χ3v) is 5.02. The molecular formula is C24H26FN3O3. The normalized spacial score (nSPS) is 11.7. The van der Waals surface area contributed by atoms with Crippen molar-refractivity contribution in [3.8, 4) is 5.69 Å². The minimum absolute atomic E-state index is 0.159. The van der Waals surface area contributed by atoms with Crippen molar-refractivity contribution >= 4 is 11.9 Å². The fourth-order valence-electron chi connectivity index (χ4n) is 3.51. The number of ether oxygens (including phenoxy) is 1. The Labute approximate surface area is 181 Å². The summed E-state index contributed by atoms with van der Waals surface area (Å²) in [6.45, 7) is 5.59. The molecular weight excluding hydrogens is 397 g/mol. The lowest BCUT2D eigenvalue weighted by molar-refractivity contribution is -0.147. The van der Waals surface area contributed by atoms with Crippen molar-refractivity contribution in [1.82, 2.24) is 15.1 Å². The molecule has 31 heavy (non-hydrogen) atoms. The van der Waals surface area contributed by atoms with Crippen molar-refractivity contribution in [1.29, 1.82) is 0 Å². The van der Waals surface area contributed by atoms with Crippen LogP contribution in [-0.2, 0) is 20.7 Å². The summed E-state index contributed by atoms with van der Waals surface area (Å²) in [4.78, 5) is 25.4. The Balaban J connectivity index is 1.82. The number of aromatic nitrogens is 2. The number of benzene rings is 2. The molecule has 0 saturated heterocycles. The number of nitrogens with one attached hydrogen (secondary N) is 1. The molecule has 1 atom stereocenters. The number of hydrogen-bond donors (Lipinski definition) is 1. The molecule has 0 aliphatic rings. The van der Waals surface area contributed by atoms with E-state index >= 15 is 0 Å². The van der Waals surface area contributed by atoms with Crippen LogP contribution < -0.4 is 5.32 Å². The molecule has 2 aromatic carbocycles. The first-order chi connectivity index (χ1) is 14.9. The van der Waals surface area contributed by atoms with Gasteiger partial charge in [0, 0.05) is 17.7 Å². The Morgan fingerprint density at radius 1 is 1.10 bits per heavy atom. The molecule has 0 saturated carbocycles. The third-order valence-electron chi connectivity index (χ3n) is 5.02. The van der Waals surface area contributed by atoms with Crippen LogP contribution in [0.5, 0.6) is 0 Å². The minimum Gasteiger partial charge on any atom is -0.464 e. The van der Waals surface area contributed by atoms with E-state index in [0.29, 0.717) is 17.7 Å². The standard InChI is InChI=1S/C24H26FN3O3/c1-4-31-24(30)23(26-21(29)15-12-18-10-13-19(25)14-11-18)22-16(2)27-28(17(22)3)20-8-6-5-7-9-20/h5-11,13-14,23H,4,12,15H2,1-3H3,(H,26,29)/t23-/m0/s1. The van der Waals surface area contributed by atoms with Crippen LogP contribution in [-0.4, -0.2) is 28.3 Å². The SMILES string of the molecule is CCOC(=O)[C@@H](NC(=O)CCc1ccc(F)cc1)c1c(C)nn(-c2ccccc2)c1C. The van der Waals surface area contributed by atoms with Gasteiger partial charge in [-0.1, -0.05) is 30.3 Å². The number of nitrogens with zero attached hydrogens (tertiary/aromatic N) is 2. The molecule has 1 N–H and O–H groups in total. The molecule has 1 heterocycles. The summed E-state index contributed by atoms with van der Waals surface area (Å²) in [5.74, 6) is -1.15. The van der Waals surface area contributed by atoms with Gasteiger partial charge in [0.2, 0.25) is 5.91 Å². The summed E-state index contributed by atoms with van der Waals surface area (Å²) < 4.78 is 20.0. The molecule has 6 nitrogen and oxygen atoms in total. The Hall–Kier alpha value is -3.48. The van der Waals surface area contributed by atoms with Gasteiger partial charge >= 0.3 is 5.97 Å². The smallest absolute Gasteiger partial charge is 0.333 e. The van der Waals surface area contributed by atoms with Gasteiger partial charge in [0.25, 0.3) is 0 Å². The summed E-state index contributed by atoms with van der Waals surface area (Å²) in [5, 5.41) is 7.38. The number of hydrogen-bond acceptors (Lipinski definition) is 4. The predicted molar refractivity (Wildman–Crippen MR) is 115 cm³/mol. The van der Waals surface area contributed by atoms with Gasteiger partial charge in [-0.25, -0.2) is 13.9 Å². The maximum atomic E-state index is 13.1. The molecule has 0 bridgehead atoms. The number of aryl methyl sites for hydroxylation is 2. The van der Waals surface area contributed by atoms with Gasteiger partial charge in [-0.2, -0.15) is 5.10 Å². The van der Waals surface area contributed by atoms with Crippen molar-refractivity contribution in [3.63, 3.8) is 0 Å². The van der Waals surface area contributed by atoms with Crippen LogP contribution in [0.4, 0.5) is 4.39 Å². The first-order valence-corrected chi connectivity index (χ1v) is 10.2. The zero-order valence-electron chi connectivity index (χ0n) is 17.9. The van der Waals surface area contributed by atoms with E-state index in [1.165, 1.54) is 12.1 Å². The molecule has 7 heteroatoms. The number of para-hydroxylation sites is 1. The zero-order chi connectivity index (χ0) is 22.4. The van der Waals surface area contributed by atoms with E-state index in [0.717, 1.165) is 16.9 Å². The molecule has 0 unspecified atom stereocenters. The third kappa shape index (κ3) is 5.36. The largest absolute Gasteiger partial charge is 0.464 e. The summed E-state index contributed by atoms with van der Waals surface area (Å²) >= 11 is 0. The average Bonchev–Trinajstić information content (AvgIpc) is 3.06. The number of rotatable bonds is 8. The molecule has 0 fully saturated rings. The molecule has 3 rings (SSSR count). The Morgan fingerprint density at radius 3 is 2.42 bits per heavy atom. The highest BCUT2D eigenvalue weighted by atomic mass is 19.1. The average molecular weight is 423 g/mol. The van der Waals surface area contributed by atoms with Crippen LogP contribution in [0.2, 0.25) is 0 Å². The Bertz CT molecular complexity index is 1050. The highest BCUT2D eigenvalue weighted by Crippen LogP contribution is 2.25. The molecule has 1 amide bonds. The van der Waals surface area contributed by atoms with Crippen LogP contribution in [0.3, 0.4) is 0 Å². The van der Waals surface area contributed by atoms with Crippen molar-refractivity contribution in [2.75, 3.05) is 6.61 Å². The fourth-order valence-corrected chi connectivity index (χ4v) is 3.51. The van der Waals surface area contributed by atoms with E-state index < -0.39 is 12.0 Å². The van der Waals surface area contributed by atoms with Gasteiger partial charge in [-0.15, -0.1) is 0 Å². The second kappa shape index (κ2) is 10.0. The quantitative estimate of drug-likeness (QED) is 0.556. The van der Waals surface area contributed by atoms with Crippen molar-refractivity contribution in [3.05, 3.63) is 82.9 Å². The van der Waals surface area contributed by atoms with Crippen LogP contribution in [0.15, 0.2) is 54.6 Å². The minimum atomic E-state index is -0.960. The maximum Gasteiger partial charge on any atom is 0.333 e. The molecule has 0 spiro atoms. The van der Waals surface area contributed by atoms with Gasteiger partial charge in [-0.3, -0.25) is 4.79 Å². The van der Waals surface area contributed by atoms with E-state index in [1.807, 2.05) is 37.3 Å². The molecule has 0 radical (unpaired) electrons.